The van der Waals surface area contributed by atoms with Gasteiger partial charge in [-0.15, -0.1) is 0 Å². The van der Waals surface area contributed by atoms with Crippen molar-refractivity contribution < 1.29 is 14.3 Å². The molecule has 1 N–H and O–H groups in total. The molecule has 0 aromatic heterocycles. The monoisotopic (exact) mass is 298 g/mol. The molecule has 0 bridgehead atoms. The summed E-state index contributed by atoms with van der Waals surface area (Å²) >= 11 is 5.86. The maximum Gasteiger partial charge on any atom is 0.244 e. The van der Waals surface area contributed by atoms with Crippen molar-refractivity contribution in [3.63, 3.8) is 0 Å². The summed E-state index contributed by atoms with van der Waals surface area (Å²) < 4.78 is 4.91. The Labute approximate surface area is 123 Å². The normalized spacial score (nSPS) is 10.2. The summed E-state index contributed by atoms with van der Waals surface area (Å²) in [6.45, 7) is 4.07. The minimum atomic E-state index is -0.248. The summed E-state index contributed by atoms with van der Waals surface area (Å²) in [6.07, 6.45) is 0. The van der Waals surface area contributed by atoms with Gasteiger partial charge in [0.25, 0.3) is 0 Å². The largest absolute Gasteiger partial charge is 0.383 e. The lowest BCUT2D eigenvalue weighted by Crippen LogP contribution is -2.38. The van der Waals surface area contributed by atoms with Crippen LogP contribution in [0, 0.1) is 6.92 Å². The van der Waals surface area contributed by atoms with Crippen molar-refractivity contribution in [2.75, 3.05) is 32.1 Å². The number of anilines is 1. The van der Waals surface area contributed by atoms with Crippen molar-refractivity contribution in [1.82, 2.24) is 4.90 Å². The lowest BCUT2D eigenvalue weighted by Gasteiger charge is -2.20. The van der Waals surface area contributed by atoms with Gasteiger partial charge in [-0.2, -0.15) is 0 Å². The maximum absolute atomic E-state index is 11.9. The van der Waals surface area contributed by atoms with Gasteiger partial charge >= 0.3 is 0 Å². The molecule has 0 spiro atoms. The fraction of sp³-hybridized carbons (Fsp3) is 0.429. The van der Waals surface area contributed by atoms with E-state index in [4.69, 9.17) is 16.3 Å². The molecule has 0 atom stereocenters. The Hall–Kier alpha value is -1.59. The van der Waals surface area contributed by atoms with E-state index in [1.54, 1.807) is 25.3 Å². The summed E-state index contributed by atoms with van der Waals surface area (Å²) in [4.78, 5) is 24.8. The van der Waals surface area contributed by atoms with E-state index < -0.39 is 0 Å². The van der Waals surface area contributed by atoms with Crippen LogP contribution in [0.25, 0.3) is 0 Å². The van der Waals surface area contributed by atoms with Gasteiger partial charge in [-0.05, 0) is 30.7 Å². The Kier molecular flexibility index (Phi) is 6.48. The van der Waals surface area contributed by atoms with Gasteiger partial charge in [0.15, 0.2) is 0 Å². The van der Waals surface area contributed by atoms with Gasteiger partial charge in [-0.3, -0.25) is 9.59 Å². The highest BCUT2D eigenvalue weighted by molar-refractivity contribution is 6.30. The second-order valence-electron chi connectivity index (χ2n) is 4.44. The second kappa shape index (κ2) is 7.87. The highest BCUT2D eigenvalue weighted by Gasteiger charge is 2.14. The fourth-order valence-electron chi connectivity index (χ4n) is 1.68. The van der Waals surface area contributed by atoms with Crippen molar-refractivity contribution >= 4 is 29.1 Å². The Morgan fingerprint density at radius 3 is 2.65 bits per heavy atom. The third-order valence-electron chi connectivity index (χ3n) is 2.81. The summed E-state index contributed by atoms with van der Waals surface area (Å²) in [7, 11) is 1.55. The SMILES string of the molecule is COCCN(CC(=O)Nc1ccc(Cl)cc1C)C(C)=O. The second-order valence-corrected chi connectivity index (χ2v) is 4.88. The van der Waals surface area contributed by atoms with E-state index in [0.29, 0.717) is 23.9 Å². The molecule has 0 aliphatic carbocycles. The molecule has 0 unspecified atom stereocenters. The zero-order valence-electron chi connectivity index (χ0n) is 11.9. The topological polar surface area (TPSA) is 58.6 Å². The average molecular weight is 299 g/mol. The minimum absolute atomic E-state index is 0.000754. The molecule has 0 saturated carbocycles. The molecule has 0 heterocycles. The van der Waals surface area contributed by atoms with E-state index in [1.807, 2.05) is 6.92 Å². The molecule has 20 heavy (non-hydrogen) atoms. The van der Waals surface area contributed by atoms with Crippen LogP contribution in [0.1, 0.15) is 12.5 Å². The van der Waals surface area contributed by atoms with E-state index in [9.17, 15) is 9.59 Å². The zero-order valence-corrected chi connectivity index (χ0v) is 12.7. The molecule has 0 saturated heterocycles. The number of nitrogens with one attached hydrogen (secondary N) is 1. The van der Waals surface area contributed by atoms with Gasteiger partial charge in [-0.25, -0.2) is 0 Å². The third-order valence-corrected chi connectivity index (χ3v) is 3.04. The van der Waals surface area contributed by atoms with E-state index in [-0.39, 0.29) is 18.4 Å². The van der Waals surface area contributed by atoms with Crippen LogP contribution in [0.3, 0.4) is 0 Å². The highest BCUT2D eigenvalue weighted by atomic mass is 35.5. The summed E-state index contributed by atoms with van der Waals surface area (Å²) in [6, 6.07) is 5.21. The minimum Gasteiger partial charge on any atom is -0.383 e. The standard InChI is InChI=1S/C14H19ClN2O3/c1-10-8-12(15)4-5-13(10)16-14(19)9-17(11(2)18)6-7-20-3/h4-5,8H,6-7,9H2,1-3H3,(H,16,19). The number of nitrogens with zero attached hydrogens (tertiary/aromatic N) is 1. The molecular formula is C14H19ClN2O3. The number of carbonyl (C=O) groups is 2. The molecule has 1 aromatic rings. The molecule has 0 aliphatic heterocycles. The van der Waals surface area contributed by atoms with Gasteiger partial charge < -0.3 is 15.0 Å². The predicted octanol–water partition coefficient (Wildman–Crippen LogP) is 2.08. The molecule has 110 valence electrons. The van der Waals surface area contributed by atoms with Crippen LogP contribution in [-0.2, 0) is 14.3 Å². The number of ether oxygens (including phenoxy) is 1. The molecule has 2 amide bonds. The Morgan fingerprint density at radius 2 is 2.10 bits per heavy atom. The first-order valence-electron chi connectivity index (χ1n) is 6.24. The van der Waals surface area contributed by atoms with Gasteiger partial charge in [-0.1, -0.05) is 11.6 Å². The molecule has 6 heteroatoms. The van der Waals surface area contributed by atoms with Crippen LogP contribution in [0.4, 0.5) is 5.69 Å². The van der Waals surface area contributed by atoms with Gasteiger partial charge in [0.2, 0.25) is 11.8 Å². The molecule has 1 aromatic carbocycles. The first-order chi connectivity index (χ1) is 9.43. The lowest BCUT2D eigenvalue weighted by molar-refractivity contribution is -0.133. The van der Waals surface area contributed by atoms with Crippen molar-refractivity contribution in [1.29, 1.82) is 0 Å². The zero-order chi connectivity index (χ0) is 15.1. The Morgan fingerprint density at radius 1 is 1.40 bits per heavy atom. The average Bonchev–Trinajstić information content (AvgIpc) is 2.37. The highest BCUT2D eigenvalue weighted by Crippen LogP contribution is 2.19. The molecular weight excluding hydrogens is 280 g/mol. The van der Waals surface area contributed by atoms with Crippen molar-refractivity contribution in [3.8, 4) is 0 Å². The van der Waals surface area contributed by atoms with Crippen LogP contribution in [0.2, 0.25) is 5.02 Å². The fourth-order valence-corrected chi connectivity index (χ4v) is 1.91. The van der Waals surface area contributed by atoms with Gasteiger partial charge in [0, 0.05) is 31.3 Å². The van der Waals surface area contributed by atoms with Gasteiger partial charge in [0.1, 0.15) is 0 Å². The number of hydrogen-bond donors (Lipinski definition) is 1. The third kappa shape index (κ3) is 5.19. The number of carbonyl (C=O) groups excluding carboxylic acids is 2. The van der Waals surface area contributed by atoms with Crippen molar-refractivity contribution in [2.45, 2.75) is 13.8 Å². The molecule has 0 aliphatic rings. The van der Waals surface area contributed by atoms with Crippen molar-refractivity contribution in [3.05, 3.63) is 28.8 Å². The van der Waals surface area contributed by atoms with E-state index in [0.717, 1.165) is 5.56 Å². The number of methoxy groups -OCH3 is 1. The quantitative estimate of drug-likeness (QED) is 0.875. The molecule has 5 nitrogen and oxygen atoms in total. The van der Waals surface area contributed by atoms with Crippen molar-refractivity contribution in [2.24, 2.45) is 0 Å². The number of aryl methyl sites for hydroxylation is 1. The van der Waals surface area contributed by atoms with E-state index in [2.05, 4.69) is 5.32 Å². The number of benzene rings is 1. The van der Waals surface area contributed by atoms with E-state index in [1.165, 1.54) is 11.8 Å². The first-order valence-corrected chi connectivity index (χ1v) is 6.62. The smallest absolute Gasteiger partial charge is 0.244 e. The maximum atomic E-state index is 11.9. The van der Waals surface area contributed by atoms with Crippen LogP contribution in [0.15, 0.2) is 18.2 Å². The Balaban J connectivity index is 2.63. The van der Waals surface area contributed by atoms with Crippen LogP contribution in [0.5, 0.6) is 0 Å². The van der Waals surface area contributed by atoms with Crippen LogP contribution < -0.4 is 5.32 Å². The predicted molar refractivity (Wildman–Crippen MR) is 78.9 cm³/mol. The first kappa shape index (κ1) is 16.5. The lowest BCUT2D eigenvalue weighted by atomic mass is 10.2. The van der Waals surface area contributed by atoms with Crippen LogP contribution in [-0.4, -0.2) is 43.5 Å². The number of hydrogen-bond acceptors (Lipinski definition) is 3. The Bertz CT molecular complexity index is 491. The summed E-state index contributed by atoms with van der Waals surface area (Å²) in [5.74, 6) is -0.410. The van der Waals surface area contributed by atoms with Crippen LogP contribution >= 0.6 is 11.6 Å². The molecule has 0 fully saturated rings. The van der Waals surface area contributed by atoms with Gasteiger partial charge in [0.05, 0.1) is 13.2 Å². The molecule has 0 radical (unpaired) electrons. The summed E-state index contributed by atoms with van der Waals surface area (Å²) in [5.41, 5.74) is 1.56. The number of rotatable bonds is 6. The molecule has 1 rings (SSSR count). The van der Waals surface area contributed by atoms with E-state index >= 15 is 0 Å². The number of halogens is 1. The summed E-state index contributed by atoms with van der Waals surface area (Å²) in [5, 5.41) is 3.38. The number of amides is 2.